The molecular weight excluding hydrogens is 749 g/mol. The number of nitrogens with zero attached hydrogens (tertiary/aromatic N) is 2. The van der Waals surface area contributed by atoms with Crippen molar-refractivity contribution in [2.75, 3.05) is 4.90 Å². The van der Waals surface area contributed by atoms with E-state index in [-0.39, 0.29) is 0 Å². The lowest BCUT2D eigenvalue weighted by Gasteiger charge is -2.30. The summed E-state index contributed by atoms with van der Waals surface area (Å²) in [7, 11) is 0. The maximum Gasteiger partial charge on any atom is 0.0561 e. The minimum Gasteiger partial charge on any atom is -0.309 e. The van der Waals surface area contributed by atoms with E-state index < -0.39 is 0 Å². The van der Waals surface area contributed by atoms with Gasteiger partial charge in [0.25, 0.3) is 0 Å². The number of benzene rings is 10. The molecule has 0 bridgehead atoms. The van der Waals surface area contributed by atoms with Crippen LogP contribution in [0.25, 0.3) is 83.1 Å². The molecule has 292 valence electrons. The molecule has 11 rings (SSSR count). The summed E-state index contributed by atoms with van der Waals surface area (Å²) < 4.78 is 2.40. The Morgan fingerprint density at radius 1 is 0.258 bits per heavy atom. The first-order valence-corrected chi connectivity index (χ1v) is 21.3. The third-order valence-electron chi connectivity index (χ3n) is 12.0. The fourth-order valence-corrected chi connectivity index (χ4v) is 8.99. The largest absolute Gasteiger partial charge is 0.309 e. The molecule has 0 saturated carbocycles. The molecule has 11 aromatic rings. The van der Waals surface area contributed by atoms with Crippen LogP contribution in [0.5, 0.6) is 0 Å². The molecule has 0 N–H and O–H groups in total. The van der Waals surface area contributed by atoms with Crippen molar-refractivity contribution < 1.29 is 0 Å². The summed E-state index contributed by atoms with van der Waals surface area (Å²) in [6, 6.07) is 92.2. The zero-order valence-corrected chi connectivity index (χ0v) is 34.1. The van der Waals surface area contributed by atoms with Crippen LogP contribution in [0.3, 0.4) is 0 Å². The second-order valence-electron chi connectivity index (χ2n) is 15.7. The van der Waals surface area contributed by atoms with E-state index in [0.717, 1.165) is 56.1 Å². The zero-order valence-electron chi connectivity index (χ0n) is 34.1. The SMILES string of the molecule is c1ccc(-c2ccc(-c3ccc(N(c4ccc5c6ccccc6n(-c6ccccc6)c5c4)c4ccccc4-c4ccc(-c5ccccc5)cc4)c(-c4ccccc4)c3)cc2)cc1. The Hall–Kier alpha value is -8.20. The van der Waals surface area contributed by atoms with E-state index in [1.807, 2.05) is 0 Å². The van der Waals surface area contributed by atoms with E-state index in [1.54, 1.807) is 0 Å². The first kappa shape index (κ1) is 36.8. The van der Waals surface area contributed by atoms with Crippen LogP contribution in [0, 0.1) is 0 Å². The first-order chi connectivity index (χ1) is 30.8. The normalized spacial score (nSPS) is 11.2. The minimum absolute atomic E-state index is 1.07. The van der Waals surface area contributed by atoms with Crippen molar-refractivity contribution in [2.45, 2.75) is 0 Å². The number of hydrogen-bond acceptors (Lipinski definition) is 1. The van der Waals surface area contributed by atoms with Crippen molar-refractivity contribution in [3.05, 3.63) is 255 Å². The van der Waals surface area contributed by atoms with Crippen molar-refractivity contribution in [1.29, 1.82) is 0 Å². The van der Waals surface area contributed by atoms with Crippen molar-refractivity contribution in [2.24, 2.45) is 0 Å². The van der Waals surface area contributed by atoms with Gasteiger partial charge >= 0.3 is 0 Å². The Bertz CT molecular complexity index is 3300. The molecule has 0 aliphatic rings. The second kappa shape index (κ2) is 16.1. The number of rotatable bonds is 9. The van der Waals surface area contributed by atoms with Gasteiger partial charge in [0.1, 0.15) is 0 Å². The summed E-state index contributed by atoms with van der Waals surface area (Å²) >= 11 is 0. The van der Waals surface area contributed by atoms with Crippen LogP contribution in [-0.4, -0.2) is 4.57 Å². The van der Waals surface area contributed by atoms with Gasteiger partial charge in [-0.05, 0) is 93.0 Å². The molecule has 0 fully saturated rings. The van der Waals surface area contributed by atoms with Crippen molar-refractivity contribution in [3.63, 3.8) is 0 Å². The average molecular weight is 791 g/mol. The molecule has 0 amide bonds. The fraction of sp³-hybridized carbons (Fsp3) is 0. The van der Waals surface area contributed by atoms with Gasteiger partial charge in [0.15, 0.2) is 0 Å². The van der Waals surface area contributed by atoms with Crippen LogP contribution < -0.4 is 4.90 Å². The van der Waals surface area contributed by atoms with Crippen molar-refractivity contribution in [3.8, 4) is 61.3 Å². The highest BCUT2D eigenvalue weighted by Gasteiger charge is 2.23. The Kier molecular flexibility index (Phi) is 9.57. The molecule has 2 heteroatoms. The van der Waals surface area contributed by atoms with Gasteiger partial charge in [-0.25, -0.2) is 0 Å². The van der Waals surface area contributed by atoms with Gasteiger partial charge in [-0.15, -0.1) is 0 Å². The van der Waals surface area contributed by atoms with E-state index in [0.29, 0.717) is 0 Å². The zero-order chi connectivity index (χ0) is 41.2. The van der Waals surface area contributed by atoms with E-state index >= 15 is 0 Å². The lowest BCUT2D eigenvalue weighted by Crippen LogP contribution is -2.13. The van der Waals surface area contributed by atoms with Crippen LogP contribution >= 0.6 is 0 Å². The lowest BCUT2D eigenvalue weighted by atomic mass is 9.94. The summed E-state index contributed by atoms with van der Waals surface area (Å²) in [5, 5.41) is 2.45. The van der Waals surface area contributed by atoms with Crippen LogP contribution in [0.4, 0.5) is 17.1 Å². The van der Waals surface area contributed by atoms with Crippen LogP contribution in [0.15, 0.2) is 255 Å². The van der Waals surface area contributed by atoms with Crippen LogP contribution in [0.1, 0.15) is 0 Å². The van der Waals surface area contributed by atoms with Gasteiger partial charge in [-0.3, -0.25) is 0 Å². The maximum atomic E-state index is 2.47. The predicted molar refractivity (Wildman–Crippen MR) is 263 cm³/mol. The van der Waals surface area contributed by atoms with Crippen LogP contribution in [0.2, 0.25) is 0 Å². The highest BCUT2D eigenvalue weighted by atomic mass is 15.1. The van der Waals surface area contributed by atoms with Gasteiger partial charge < -0.3 is 9.47 Å². The second-order valence-corrected chi connectivity index (χ2v) is 15.7. The van der Waals surface area contributed by atoms with Gasteiger partial charge in [0, 0.05) is 33.3 Å². The van der Waals surface area contributed by atoms with Gasteiger partial charge in [0.2, 0.25) is 0 Å². The molecule has 0 atom stereocenters. The highest BCUT2D eigenvalue weighted by molar-refractivity contribution is 6.11. The number of aromatic nitrogens is 1. The molecule has 2 nitrogen and oxygen atoms in total. The van der Waals surface area contributed by atoms with Gasteiger partial charge in [0.05, 0.1) is 22.4 Å². The number of hydrogen-bond donors (Lipinski definition) is 0. The molecule has 0 aliphatic carbocycles. The summed E-state index contributed by atoms with van der Waals surface area (Å²) in [5.41, 5.74) is 18.5. The Morgan fingerprint density at radius 3 is 1.34 bits per heavy atom. The Morgan fingerprint density at radius 2 is 0.694 bits per heavy atom. The summed E-state index contributed by atoms with van der Waals surface area (Å²) in [4.78, 5) is 2.47. The third-order valence-corrected chi connectivity index (χ3v) is 12.0. The lowest BCUT2D eigenvalue weighted by molar-refractivity contribution is 1.18. The maximum absolute atomic E-state index is 2.47. The number of para-hydroxylation sites is 3. The topological polar surface area (TPSA) is 8.17 Å². The van der Waals surface area contributed by atoms with E-state index in [4.69, 9.17) is 0 Å². The smallest absolute Gasteiger partial charge is 0.0561 e. The van der Waals surface area contributed by atoms with E-state index in [2.05, 4.69) is 264 Å². The number of anilines is 3. The molecule has 1 heterocycles. The molecule has 0 saturated heterocycles. The first-order valence-electron chi connectivity index (χ1n) is 21.3. The van der Waals surface area contributed by atoms with Crippen molar-refractivity contribution in [1.82, 2.24) is 4.57 Å². The standard InChI is InChI=1S/C60H42N2/c1-5-17-43(18-6-1)45-29-31-47(32-30-45)50-37-40-59(56(41-50)48-21-9-3-10-22-48)62(57-27-15-13-25-53(57)49-35-33-46(34-36-49)44-19-7-2-8-20-44)52-38-39-55-54-26-14-16-28-58(54)61(60(55)42-52)51-23-11-4-12-24-51/h1-42H. The molecule has 10 aromatic carbocycles. The molecule has 1 aromatic heterocycles. The summed E-state index contributed by atoms with van der Waals surface area (Å²) in [6.45, 7) is 0. The van der Waals surface area contributed by atoms with Gasteiger partial charge in [-0.2, -0.15) is 0 Å². The quantitative estimate of drug-likeness (QED) is 0.141. The Labute approximate surface area is 362 Å². The molecule has 0 aliphatic heterocycles. The minimum atomic E-state index is 1.07. The average Bonchev–Trinajstić information content (AvgIpc) is 3.69. The van der Waals surface area contributed by atoms with E-state index in [9.17, 15) is 0 Å². The van der Waals surface area contributed by atoms with E-state index in [1.165, 1.54) is 44.1 Å². The predicted octanol–water partition coefficient (Wildman–Crippen LogP) is 16.6. The monoisotopic (exact) mass is 790 g/mol. The highest BCUT2D eigenvalue weighted by Crippen LogP contribution is 2.47. The van der Waals surface area contributed by atoms with Gasteiger partial charge in [-0.1, -0.05) is 206 Å². The molecule has 62 heavy (non-hydrogen) atoms. The Balaban J connectivity index is 1.13. The molecule has 0 spiro atoms. The molecule has 0 unspecified atom stereocenters. The third kappa shape index (κ3) is 6.84. The molecular formula is C60H42N2. The van der Waals surface area contributed by atoms with Crippen LogP contribution in [-0.2, 0) is 0 Å². The summed E-state index contributed by atoms with van der Waals surface area (Å²) in [6.07, 6.45) is 0. The number of fused-ring (bicyclic) bond motifs is 3. The molecule has 0 radical (unpaired) electrons. The summed E-state index contributed by atoms with van der Waals surface area (Å²) in [5.74, 6) is 0. The van der Waals surface area contributed by atoms with Crippen molar-refractivity contribution >= 4 is 38.9 Å². The fourth-order valence-electron chi connectivity index (χ4n) is 8.99.